The monoisotopic (exact) mass is 364 g/mol. The Hall–Kier alpha value is -1.80. The lowest BCUT2D eigenvalue weighted by Gasteiger charge is -2.37. The van der Waals surface area contributed by atoms with E-state index in [0.717, 1.165) is 65.0 Å². The van der Waals surface area contributed by atoms with E-state index < -0.39 is 23.8 Å². The second-order valence-corrected chi connectivity index (χ2v) is 7.20. The molecule has 8 nitrogen and oxygen atoms in total. The minimum Gasteiger partial charge on any atom is -0.379 e. The summed E-state index contributed by atoms with van der Waals surface area (Å²) in [5.74, 6) is -1.96. The van der Waals surface area contributed by atoms with E-state index in [1.807, 2.05) is 0 Å². The van der Waals surface area contributed by atoms with Gasteiger partial charge in [-0.25, -0.2) is 4.79 Å². The number of carbonyl (C=O) groups is 3. The Morgan fingerprint density at radius 2 is 1.85 bits per heavy atom. The molecule has 3 rings (SSSR count). The SMILES string of the molecule is CC(=NCCN1CCOCC1)C1C(=O)NC(=O)N(C2CCCCC2)C1=O. The minimum absolute atomic E-state index is 0.104. The number of hydrogen-bond donors (Lipinski definition) is 1. The zero-order chi connectivity index (χ0) is 18.5. The van der Waals surface area contributed by atoms with Gasteiger partial charge in [-0.1, -0.05) is 19.3 Å². The van der Waals surface area contributed by atoms with Crippen molar-refractivity contribution in [2.75, 3.05) is 39.4 Å². The van der Waals surface area contributed by atoms with Crippen LogP contribution in [-0.4, -0.2) is 78.8 Å². The number of amides is 4. The van der Waals surface area contributed by atoms with Gasteiger partial charge in [-0.05, 0) is 19.8 Å². The van der Waals surface area contributed by atoms with Gasteiger partial charge in [-0.2, -0.15) is 0 Å². The van der Waals surface area contributed by atoms with Gasteiger partial charge in [0.25, 0.3) is 0 Å². The molecule has 1 saturated carbocycles. The molecular formula is C18H28N4O4. The maximum absolute atomic E-state index is 12.9. The number of urea groups is 1. The fourth-order valence-electron chi connectivity index (χ4n) is 3.93. The first-order valence-electron chi connectivity index (χ1n) is 9.57. The summed E-state index contributed by atoms with van der Waals surface area (Å²) in [5, 5.41) is 2.35. The van der Waals surface area contributed by atoms with E-state index in [0.29, 0.717) is 12.3 Å². The Morgan fingerprint density at radius 1 is 1.15 bits per heavy atom. The van der Waals surface area contributed by atoms with Crippen LogP contribution in [0.15, 0.2) is 4.99 Å². The minimum atomic E-state index is -0.987. The van der Waals surface area contributed by atoms with Crippen molar-refractivity contribution in [3.63, 3.8) is 0 Å². The molecule has 0 aromatic rings. The molecule has 26 heavy (non-hydrogen) atoms. The summed E-state index contributed by atoms with van der Waals surface area (Å²) in [6, 6.07) is -0.683. The predicted octanol–water partition coefficient (Wildman–Crippen LogP) is 0.807. The van der Waals surface area contributed by atoms with Crippen molar-refractivity contribution < 1.29 is 19.1 Å². The third kappa shape index (κ3) is 4.29. The van der Waals surface area contributed by atoms with Gasteiger partial charge >= 0.3 is 6.03 Å². The molecule has 0 aromatic carbocycles. The highest BCUT2D eigenvalue weighted by atomic mass is 16.5. The molecule has 1 unspecified atom stereocenters. The van der Waals surface area contributed by atoms with Crippen LogP contribution in [0.2, 0.25) is 0 Å². The molecule has 0 radical (unpaired) electrons. The lowest BCUT2D eigenvalue weighted by atomic mass is 9.91. The number of barbiturate groups is 1. The lowest BCUT2D eigenvalue weighted by molar-refractivity contribution is -0.141. The van der Waals surface area contributed by atoms with Gasteiger partial charge in [-0.15, -0.1) is 0 Å². The number of rotatable bonds is 5. The molecule has 0 bridgehead atoms. The number of nitrogens with one attached hydrogen (secondary N) is 1. The third-order valence-electron chi connectivity index (χ3n) is 5.43. The summed E-state index contributed by atoms with van der Waals surface area (Å²) in [6.45, 7) is 6.21. The standard InChI is InChI=1S/C18H28N4O4/c1-13(19-7-8-21-9-11-26-12-10-21)15-16(23)20-18(25)22(17(15)24)14-5-3-2-4-6-14/h14-15H,2-12H2,1H3,(H,20,23,25). The van der Waals surface area contributed by atoms with Gasteiger partial charge in [0, 0.05) is 31.4 Å². The topological polar surface area (TPSA) is 91.3 Å². The van der Waals surface area contributed by atoms with Crippen LogP contribution in [0, 0.1) is 5.92 Å². The molecule has 4 amide bonds. The number of ether oxygens (including phenoxy) is 1. The summed E-state index contributed by atoms with van der Waals surface area (Å²) in [4.78, 5) is 45.4. The van der Waals surface area contributed by atoms with E-state index in [-0.39, 0.29) is 6.04 Å². The van der Waals surface area contributed by atoms with Crippen LogP contribution in [0.3, 0.4) is 0 Å². The van der Waals surface area contributed by atoms with Crippen LogP contribution in [0.25, 0.3) is 0 Å². The highest BCUT2D eigenvalue weighted by molar-refractivity contribution is 6.27. The molecule has 0 aromatic heterocycles. The molecular weight excluding hydrogens is 336 g/mol. The Morgan fingerprint density at radius 3 is 2.54 bits per heavy atom. The van der Waals surface area contributed by atoms with Crippen molar-refractivity contribution >= 4 is 23.6 Å². The smallest absolute Gasteiger partial charge is 0.331 e. The average Bonchev–Trinajstić information content (AvgIpc) is 2.63. The normalized spacial score (nSPS) is 27.0. The van der Waals surface area contributed by atoms with Gasteiger partial charge < -0.3 is 4.74 Å². The third-order valence-corrected chi connectivity index (χ3v) is 5.43. The fourth-order valence-corrected chi connectivity index (χ4v) is 3.93. The van der Waals surface area contributed by atoms with Crippen LogP contribution in [0.1, 0.15) is 39.0 Å². The maximum Gasteiger partial charge on any atom is 0.331 e. The quantitative estimate of drug-likeness (QED) is 0.576. The Balaban J connectivity index is 1.64. The first kappa shape index (κ1) is 19.0. The van der Waals surface area contributed by atoms with E-state index in [2.05, 4.69) is 15.2 Å². The zero-order valence-electron chi connectivity index (χ0n) is 15.4. The highest BCUT2D eigenvalue weighted by Gasteiger charge is 2.44. The van der Waals surface area contributed by atoms with Crippen molar-refractivity contribution in [1.82, 2.24) is 15.1 Å². The van der Waals surface area contributed by atoms with E-state index in [1.54, 1.807) is 6.92 Å². The van der Waals surface area contributed by atoms with Crippen molar-refractivity contribution in [1.29, 1.82) is 0 Å². The Bertz CT molecular complexity index is 580. The van der Waals surface area contributed by atoms with Gasteiger partial charge in [0.2, 0.25) is 11.8 Å². The summed E-state index contributed by atoms with van der Waals surface area (Å²) in [7, 11) is 0. The van der Waals surface area contributed by atoms with Gasteiger partial charge in [-0.3, -0.25) is 29.7 Å². The summed E-state index contributed by atoms with van der Waals surface area (Å²) >= 11 is 0. The summed E-state index contributed by atoms with van der Waals surface area (Å²) < 4.78 is 5.32. The zero-order valence-corrected chi connectivity index (χ0v) is 15.4. The Kier molecular flexibility index (Phi) is 6.37. The van der Waals surface area contributed by atoms with Crippen LogP contribution in [0.4, 0.5) is 4.79 Å². The molecule has 1 N–H and O–H groups in total. The fraction of sp³-hybridized carbons (Fsp3) is 0.778. The van der Waals surface area contributed by atoms with Crippen molar-refractivity contribution in [2.45, 2.75) is 45.1 Å². The Labute approximate surface area is 153 Å². The van der Waals surface area contributed by atoms with Gasteiger partial charge in [0.1, 0.15) is 0 Å². The number of morpholine rings is 1. The molecule has 8 heteroatoms. The molecule has 144 valence electrons. The number of nitrogens with zero attached hydrogens (tertiary/aromatic N) is 3. The largest absolute Gasteiger partial charge is 0.379 e. The molecule has 3 fully saturated rings. The van der Waals surface area contributed by atoms with Crippen LogP contribution in [0.5, 0.6) is 0 Å². The van der Waals surface area contributed by atoms with Crippen LogP contribution in [-0.2, 0) is 14.3 Å². The van der Waals surface area contributed by atoms with Crippen LogP contribution >= 0.6 is 0 Å². The molecule has 1 aliphatic carbocycles. The van der Waals surface area contributed by atoms with E-state index in [9.17, 15) is 14.4 Å². The number of aliphatic imine (C=N–C) groups is 1. The van der Waals surface area contributed by atoms with Crippen molar-refractivity contribution in [3.05, 3.63) is 0 Å². The van der Waals surface area contributed by atoms with Crippen molar-refractivity contribution in [3.8, 4) is 0 Å². The lowest BCUT2D eigenvalue weighted by Crippen LogP contribution is -2.62. The second-order valence-electron chi connectivity index (χ2n) is 7.20. The second kappa shape index (κ2) is 8.73. The summed E-state index contributed by atoms with van der Waals surface area (Å²) in [6.07, 6.45) is 4.77. The van der Waals surface area contributed by atoms with E-state index in [1.165, 1.54) is 4.90 Å². The number of carbonyl (C=O) groups excluding carboxylic acids is 3. The summed E-state index contributed by atoms with van der Waals surface area (Å²) in [5.41, 5.74) is 0.481. The number of imide groups is 2. The first-order valence-corrected chi connectivity index (χ1v) is 9.57. The molecule has 2 heterocycles. The van der Waals surface area contributed by atoms with Gasteiger partial charge in [0.05, 0.1) is 19.8 Å². The first-order chi connectivity index (χ1) is 12.6. The maximum atomic E-state index is 12.9. The molecule has 2 saturated heterocycles. The van der Waals surface area contributed by atoms with E-state index >= 15 is 0 Å². The van der Waals surface area contributed by atoms with Crippen LogP contribution < -0.4 is 5.32 Å². The van der Waals surface area contributed by atoms with Crippen molar-refractivity contribution in [2.24, 2.45) is 10.9 Å². The average molecular weight is 364 g/mol. The molecule has 1 atom stereocenters. The molecule has 3 aliphatic rings. The molecule has 0 spiro atoms. The molecule has 2 aliphatic heterocycles. The number of hydrogen-bond acceptors (Lipinski definition) is 6. The highest BCUT2D eigenvalue weighted by Crippen LogP contribution is 2.26. The predicted molar refractivity (Wildman–Crippen MR) is 96.0 cm³/mol. The van der Waals surface area contributed by atoms with E-state index in [4.69, 9.17) is 4.74 Å². The van der Waals surface area contributed by atoms with Gasteiger partial charge in [0.15, 0.2) is 5.92 Å².